The highest BCUT2D eigenvalue weighted by Gasteiger charge is 2.38. The van der Waals surface area contributed by atoms with Crippen molar-refractivity contribution in [3.63, 3.8) is 0 Å². The quantitative estimate of drug-likeness (QED) is 0.538. The molecule has 0 bridgehead atoms. The number of hydrogen-bond donors (Lipinski definition) is 1. The monoisotopic (exact) mass is 370 g/mol. The fourth-order valence-electron chi connectivity index (χ4n) is 4.10. The Balaban J connectivity index is 1.73. The molecule has 1 unspecified atom stereocenters. The van der Waals surface area contributed by atoms with E-state index in [2.05, 4.69) is 48.2 Å². The van der Waals surface area contributed by atoms with Crippen molar-refractivity contribution in [3.05, 3.63) is 70.7 Å². The maximum Gasteiger partial charge on any atom is 0.0454 e. The summed E-state index contributed by atoms with van der Waals surface area (Å²) in [6, 6.07) is 19.9. The Morgan fingerprint density at radius 3 is 2.46 bits per heavy atom. The molecule has 26 heavy (non-hydrogen) atoms. The summed E-state index contributed by atoms with van der Waals surface area (Å²) < 4.78 is 0. The zero-order chi connectivity index (χ0) is 18.4. The van der Waals surface area contributed by atoms with Crippen molar-refractivity contribution < 1.29 is 0 Å². The van der Waals surface area contributed by atoms with Crippen molar-refractivity contribution in [2.24, 2.45) is 5.73 Å². The first kappa shape index (κ1) is 19.4. The zero-order valence-corrected chi connectivity index (χ0v) is 16.5. The van der Waals surface area contributed by atoms with Gasteiger partial charge in [0.1, 0.15) is 0 Å². The first-order valence-corrected chi connectivity index (χ1v) is 10.4. The molecular weight excluding hydrogens is 340 g/mol. The van der Waals surface area contributed by atoms with Crippen LogP contribution in [0, 0.1) is 0 Å². The zero-order valence-electron chi connectivity index (χ0n) is 15.8. The number of nitrogens with two attached hydrogens (primary N) is 1. The molecule has 1 aliphatic rings. The fourth-order valence-corrected chi connectivity index (χ4v) is 4.30. The average molecular weight is 371 g/mol. The molecule has 3 atom stereocenters. The van der Waals surface area contributed by atoms with E-state index in [1.807, 2.05) is 18.2 Å². The molecule has 0 saturated carbocycles. The Morgan fingerprint density at radius 1 is 1.04 bits per heavy atom. The topological polar surface area (TPSA) is 29.3 Å². The van der Waals surface area contributed by atoms with Gasteiger partial charge in [-0.15, -0.1) is 0 Å². The first-order chi connectivity index (χ1) is 12.7. The van der Waals surface area contributed by atoms with Crippen LogP contribution in [-0.4, -0.2) is 17.5 Å². The van der Waals surface area contributed by atoms with E-state index in [0.29, 0.717) is 12.1 Å². The van der Waals surface area contributed by atoms with Gasteiger partial charge < -0.3 is 5.73 Å². The molecule has 0 amide bonds. The molecule has 2 aromatic rings. The van der Waals surface area contributed by atoms with Crippen molar-refractivity contribution in [1.29, 1.82) is 0 Å². The number of rotatable bonds is 9. The summed E-state index contributed by atoms with van der Waals surface area (Å²) in [5, 5.41) is 0.767. The van der Waals surface area contributed by atoms with Crippen LogP contribution in [0.25, 0.3) is 0 Å². The van der Waals surface area contributed by atoms with Gasteiger partial charge in [0, 0.05) is 29.7 Å². The number of likely N-dealkylation sites (tertiary alicyclic amines) is 1. The molecule has 1 heterocycles. The van der Waals surface area contributed by atoms with Gasteiger partial charge >= 0.3 is 0 Å². The smallest absolute Gasteiger partial charge is 0.0454 e. The van der Waals surface area contributed by atoms with E-state index in [1.54, 1.807) is 0 Å². The van der Waals surface area contributed by atoms with Gasteiger partial charge in [-0.05, 0) is 36.1 Å². The molecule has 3 heteroatoms. The molecule has 2 nitrogen and oxygen atoms in total. The van der Waals surface area contributed by atoms with Crippen molar-refractivity contribution in [2.45, 2.75) is 63.6 Å². The third-order valence-corrected chi connectivity index (χ3v) is 5.91. The minimum Gasteiger partial charge on any atom is -0.323 e. The van der Waals surface area contributed by atoms with Gasteiger partial charge in [-0.2, -0.15) is 0 Å². The lowest BCUT2D eigenvalue weighted by atomic mass is 9.86. The lowest BCUT2D eigenvalue weighted by Gasteiger charge is -2.49. The van der Waals surface area contributed by atoms with Gasteiger partial charge in [0.05, 0.1) is 0 Å². The normalized spacial score (nSPS) is 19.7. The predicted molar refractivity (Wildman–Crippen MR) is 111 cm³/mol. The molecule has 140 valence electrons. The van der Waals surface area contributed by atoms with E-state index >= 15 is 0 Å². The van der Waals surface area contributed by atoms with Gasteiger partial charge in [0.2, 0.25) is 0 Å². The van der Waals surface area contributed by atoms with Crippen LogP contribution in [-0.2, 0) is 0 Å². The Hall–Kier alpha value is -1.35. The highest BCUT2D eigenvalue weighted by atomic mass is 35.5. The largest absolute Gasteiger partial charge is 0.323 e. The summed E-state index contributed by atoms with van der Waals surface area (Å²) in [6.07, 6.45) is 7.57. The van der Waals surface area contributed by atoms with Gasteiger partial charge in [-0.25, -0.2) is 0 Å². The molecule has 3 rings (SSSR count). The summed E-state index contributed by atoms with van der Waals surface area (Å²) >= 11 is 6.18. The van der Waals surface area contributed by atoms with E-state index < -0.39 is 0 Å². The van der Waals surface area contributed by atoms with Gasteiger partial charge in [-0.1, -0.05) is 86.7 Å². The summed E-state index contributed by atoms with van der Waals surface area (Å²) in [7, 11) is 0. The van der Waals surface area contributed by atoms with E-state index in [1.165, 1.54) is 37.7 Å². The number of halogens is 1. The molecule has 1 aliphatic heterocycles. The van der Waals surface area contributed by atoms with Gasteiger partial charge in [0.25, 0.3) is 0 Å². The van der Waals surface area contributed by atoms with Crippen molar-refractivity contribution >= 4 is 11.6 Å². The minimum absolute atomic E-state index is 0.0179. The third-order valence-electron chi connectivity index (χ3n) is 5.67. The van der Waals surface area contributed by atoms with Crippen molar-refractivity contribution in [1.82, 2.24) is 4.90 Å². The van der Waals surface area contributed by atoms with E-state index in [9.17, 15) is 0 Å². The van der Waals surface area contributed by atoms with Crippen LogP contribution in [0.3, 0.4) is 0 Å². The maximum atomic E-state index is 6.65. The standard InChI is InChI=1S/C23H31ClN2/c1-2-3-4-8-14-21(18-10-6-5-7-11-18)26-16-15-22(26)23(25)19-12-9-13-20(24)17-19/h5-7,9-13,17,21-23H,2-4,8,14-16,25H2,1H3/t21?,22-,23+/m0/s1. The summed E-state index contributed by atoms with van der Waals surface area (Å²) in [5.41, 5.74) is 9.22. The Morgan fingerprint density at radius 2 is 1.81 bits per heavy atom. The lowest BCUT2D eigenvalue weighted by Crippen LogP contribution is -2.54. The first-order valence-electron chi connectivity index (χ1n) is 10.0. The molecule has 0 radical (unpaired) electrons. The van der Waals surface area contributed by atoms with Crippen LogP contribution in [0.5, 0.6) is 0 Å². The minimum atomic E-state index is 0.0179. The van der Waals surface area contributed by atoms with Crippen LogP contribution in [0.2, 0.25) is 5.02 Å². The summed E-state index contributed by atoms with van der Waals surface area (Å²) in [5.74, 6) is 0. The number of nitrogens with zero attached hydrogens (tertiary/aromatic N) is 1. The SMILES string of the molecule is CCCCCCC(c1ccccc1)N1CC[C@H]1[C@H](N)c1cccc(Cl)c1. The second-order valence-corrected chi connectivity index (χ2v) is 7.89. The van der Waals surface area contributed by atoms with Crippen molar-refractivity contribution in [2.75, 3.05) is 6.54 Å². The number of benzene rings is 2. The van der Waals surface area contributed by atoms with Crippen LogP contribution >= 0.6 is 11.6 Å². The predicted octanol–water partition coefficient (Wildman–Crippen LogP) is 6.13. The van der Waals surface area contributed by atoms with E-state index in [4.69, 9.17) is 17.3 Å². The third kappa shape index (κ3) is 4.68. The van der Waals surface area contributed by atoms with Crippen molar-refractivity contribution in [3.8, 4) is 0 Å². The molecule has 0 aromatic heterocycles. The second-order valence-electron chi connectivity index (χ2n) is 7.45. The molecule has 0 aliphatic carbocycles. The highest BCUT2D eigenvalue weighted by molar-refractivity contribution is 6.30. The van der Waals surface area contributed by atoms with Crippen LogP contribution in [0.4, 0.5) is 0 Å². The molecular formula is C23H31ClN2. The molecule has 1 fully saturated rings. The summed E-state index contributed by atoms with van der Waals surface area (Å²) in [6.45, 7) is 3.40. The molecule has 1 saturated heterocycles. The second kappa shape index (κ2) is 9.55. The Bertz CT molecular complexity index is 673. The lowest BCUT2D eigenvalue weighted by molar-refractivity contribution is 0.0187. The highest BCUT2D eigenvalue weighted by Crippen LogP contribution is 2.39. The van der Waals surface area contributed by atoms with E-state index in [-0.39, 0.29) is 6.04 Å². The molecule has 2 aromatic carbocycles. The van der Waals surface area contributed by atoms with Gasteiger partial charge in [-0.3, -0.25) is 4.90 Å². The average Bonchev–Trinajstić information content (AvgIpc) is 2.64. The maximum absolute atomic E-state index is 6.65. The van der Waals surface area contributed by atoms with Crippen LogP contribution < -0.4 is 5.73 Å². The molecule has 2 N–H and O–H groups in total. The molecule has 0 spiro atoms. The number of unbranched alkanes of at least 4 members (excludes halogenated alkanes) is 3. The number of hydrogen-bond acceptors (Lipinski definition) is 2. The van der Waals surface area contributed by atoms with Crippen LogP contribution in [0.1, 0.15) is 68.7 Å². The van der Waals surface area contributed by atoms with Gasteiger partial charge in [0.15, 0.2) is 0 Å². The Labute approximate surface area is 163 Å². The fraction of sp³-hybridized carbons (Fsp3) is 0.478. The Kier molecular flexibility index (Phi) is 7.13. The van der Waals surface area contributed by atoms with E-state index in [0.717, 1.165) is 23.6 Å². The summed E-state index contributed by atoms with van der Waals surface area (Å²) in [4.78, 5) is 2.62. The van der Waals surface area contributed by atoms with Crippen LogP contribution in [0.15, 0.2) is 54.6 Å².